The zero-order valence-electron chi connectivity index (χ0n) is 18.3. The van der Waals surface area contributed by atoms with Crippen LogP contribution in [0.25, 0.3) is 0 Å². The molecule has 0 spiro atoms. The summed E-state index contributed by atoms with van der Waals surface area (Å²) in [6, 6.07) is 10.4. The molecule has 0 saturated heterocycles. The van der Waals surface area contributed by atoms with Gasteiger partial charge >= 0.3 is 5.97 Å². The first-order valence-electron chi connectivity index (χ1n) is 10.0. The number of nitrogens with zero attached hydrogens (tertiary/aromatic N) is 3. The van der Waals surface area contributed by atoms with Gasteiger partial charge in [-0.05, 0) is 62.7 Å². The van der Waals surface area contributed by atoms with Gasteiger partial charge in [-0.1, -0.05) is 6.92 Å². The van der Waals surface area contributed by atoms with Crippen molar-refractivity contribution in [2.75, 3.05) is 10.0 Å². The fraction of sp³-hybridized carbons (Fsp3) is 0.227. The summed E-state index contributed by atoms with van der Waals surface area (Å²) in [7, 11) is -3.92. The summed E-state index contributed by atoms with van der Waals surface area (Å²) in [5, 5.41) is 2.62. The number of esters is 1. The molecular formula is C22H23N5O5S. The summed E-state index contributed by atoms with van der Waals surface area (Å²) < 4.78 is 32.9. The second-order valence-electron chi connectivity index (χ2n) is 7.14. The normalized spacial score (nSPS) is 12.0. The van der Waals surface area contributed by atoms with Gasteiger partial charge in [-0.25, -0.2) is 27.9 Å². The van der Waals surface area contributed by atoms with Crippen LogP contribution in [-0.2, 0) is 19.6 Å². The van der Waals surface area contributed by atoms with Crippen molar-refractivity contribution in [1.82, 2.24) is 15.0 Å². The number of nitrogens with one attached hydrogen (secondary N) is 2. The SMILES string of the molecule is CCC(OC(=O)c1cccnc1)C(=O)Nc1ccc(S(=O)(=O)Nc2nc(C)cc(C)n2)cc1. The third-order valence-electron chi connectivity index (χ3n) is 4.45. The van der Waals surface area contributed by atoms with Gasteiger partial charge in [-0.15, -0.1) is 0 Å². The largest absolute Gasteiger partial charge is 0.449 e. The van der Waals surface area contributed by atoms with E-state index in [1.165, 1.54) is 42.7 Å². The molecule has 1 unspecified atom stereocenters. The Balaban J connectivity index is 1.66. The Hall–Kier alpha value is -3.86. The van der Waals surface area contributed by atoms with Crippen LogP contribution in [0.5, 0.6) is 0 Å². The monoisotopic (exact) mass is 469 g/mol. The first kappa shape index (κ1) is 23.8. The smallest absolute Gasteiger partial charge is 0.340 e. The highest BCUT2D eigenvalue weighted by Gasteiger charge is 2.23. The summed E-state index contributed by atoms with van der Waals surface area (Å²) in [5.74, 6) is -1.22. The Labute approximate surface area is 191 Å². The third kappa shape index (κ3) is 6.32. The van der Waals surface area contributed by atoms with E-state index in [0.29, 0.717) is 17.1 Å². The predicted molar refractivity (Wildman–Crippen MR) is 121 cm³/mol. The highest BCUT2D eigenvalue weighted by molar-refractivity contribution is 7.92. The molecule has 1 amide bonds. The Morgan fingerprint density at radius 1 is 1.06 bits per heavy atom. The molecular weight excluding hydrogens is 446 g/mol. The maximum absolute atomic E-state index is 12.6. The second-order valence-corrected chi connectivity index (χ2v) is 8.82. The maximum Gasteiger partial charge on any atom is 0.340 e. The van der Waals surface area contributed by atoms with E-state index in [1.54, 1.807) is 32.9 Å². The Morgan fingerprint density at radius 2 is 1.73 bits per heavy atom. The molecule has 0 saturated carbocycles. The summed E-state index contributed by atoms with van der Waals surface area (Å²) in [6.45, 7) is 5.18. The molecule has 11 heteroatoms. The zero-order chi connectivity index (χ0) is 24.0. The van der Waals surface area contributed by atoms with Gasteiger partial charge in [0.2, 0.25) is 5.95 Å². The minimum absolute atomic E-state index is 0.0221. The lowest BCUT2D eigenvalue weighted by molar-refractivity contribution is -0.124. The summed E-state index contributed by atoms with van der Waals surface area (Å²) in [6.07, 6.45) is 2.10. The lowest BCUT2D eigenvalue weighted by atomic mass is 10.2. The average molecular weight is 470 g/mol. The number of carbonyl (C=O) groups is 2. The highest BCUT2D eigenvalue weighted by atomic mass is 32.2. The van der Waals surface area contributed by atoms with E-state index in [9.17, 15) is 18.0 Å². The molecule has 2 aromatic heterocycles. The summed E-state index contributed by atoms with van der Waals surface area (Å²) in [4.78, 5) is 36.7. The van der Waals surface area contributed by atoms with Gasteiger partial charge in [-0.3, -0.25) is 9.78 Å². The number of carbonyl (C=O) groups excluding carboxylic acids is 2. The molecule has 10 nitrogen and oxygen atoms in total. The third-order valence-corrected chi connectivity index (χ3v) is 5.79. The van der Waals surface area contributed by atoms with Crippen LogP contribution >= 0.6 is 0 Å². The molecule has 0 aliphatic carbocycles. The lowest BCUT2D eigenvalue weighted by Gasteiger charge is -2.16. The van der Waals surface area contributed by atoms with Gasteiger partial charge in [0.1, 0.15) is 0 Å². The van der Waals surface area contributed by atoms with Gasteiger partial charge in [0.15, 0.2) is 6.10 Å². The number of hydrogen-bond acceptors (Lipinski definition) is 8. The van der Waals surface area contributed by atoms with Crippen molar-refractivity contribution in [3.05, 3.63) is 71.8 Å². The molecule has 0 radical (unpaired) electrons. The topological polar surface area (TPSA) is 140 Å². The van der Waals surface area contributed by atoms with E-state index in [-0.39, 0.29) is 22.8 Å². The molecule has 0 aliphatic rings. The predicted octanol–water partition coefficient (Wildman–Crippen LogP) is 2.86. The number of anilines is 2. The molecule has 33 heavy (non-hydrogen) atoms. The number of aromatic nitrogens is 3. The van der Waals surface area contributed by atoms with Crippen LogP contribution in [0.1, 0.15) is 35.1 Å². The first-order valence-corrected chi connectivity index (χ1v) is 11.5. The van der Waals surface area contributed by atoms with Crippen molar-refractivity contribution in [3.63, 3.8) is 0 Å². The fourth-order valence-electron chi connectivity index (χ4n) is 2.89. The van der Waals surface area contributed by atoms with Crippen LogP contribution in [-0.4, -0.2) is 41.4 Å². The van der Waals surface area contributed by atoms with Crippen molar-refractivity contribution < 1.29 is 22.7 Å². The van der Waals surface area contributed by atoms with Crippen molar-refractivity contribution >= 4 is 33.5 Å². The summed E-state index contributed by atoms with van der Waals surface area (Å²) >= 11 is 0. The molecule has 1 atom stereocenters. The average Bonchev–Trinajstić information content (AvgIpc) is 2.77. The van der Waals surface area contributed by atoms with Gasteiger partial charge in [0.05, 0.1) is 10.5 Å². The Morgan fingerprint density at radius 3 is 2.30 bits per heavy atom. The van der Waals surface area contributed by atoms with Crippen LogP contribution < -0.4 is 10.0 Å². The van der Waals surface area contributed by atoms with E-state index in [4.69, 9.17) is 4.74 Å². The van der Waals surface area contributed by atoms with Gasteiger partial charge < -0.3 is 10.1 Å². The van der Waals surface area contributed by atoms with Crippen molar-refractivity contribution in [1.29, 1.82) is 0 Å². The molecule has 0 aliphatic heterocycles. The molecule has 0 fully saturated rings. The van der Waals surface area contributed by atoms with Crippen LogP contribution in [0, 0.1) is 13.8 Å². The van der Waals surface area contributed by atoms with Crippen LogP contribution in [0.4, 0.5) is 11.6 Å². The quantitative estimate of drug-likeness (QED) is 0.480. The van der Waals surface area contributed by atoms with E-state index >= 15 is 0 Å². The number of sulfonamides is 1. The zero-order valence-corrected chi connectivity index (χ0v) is 19.1. The van der Waals surface area contributed by atoms with Gasteiger partial charge in [0, 0.05) is 29.5 Å². The molecule has 3 rings (SSSR count). The maximum atomic E-state index is 12.6. The van der Waals surface area contributed by atoms with Crippen LogP contribution in [0.2, 0.25) is 0 Å². The number of amides is 1. The number of ether oxygens (including phenoxy) is 1. The standard InChI is InChI=1S/C22H23N5O5S/c1-4-19(32-21(29)16-6-5-11-23-13-16)20(28)26-17-7-9-18(10-8-17)33(30,31)27-22-24-14(2)12-15(3)25-22/h5-13,19H,4H2,1-3H3,(H,26,28)(H,24,25,27). The molecule has 2 N–H and O–H groups in total. The minimum Gasteiger partial charge on any atom is -0.449 e. The lowest BCUT2D eigenvalue weighted by Crippen LogP contribution is -2.32. The Bertz CT molecular complexity index is 1230. The summed E-state index contributed by atoms with van der Waals surface area (Å²) in [5.41, 5.74) is 1.84. The molecule has 172 valence electrons. The highest BCUT2D eigenvalue weighted by Crippen LogP contribution is 2.18. The number of hydrogen-bond donors (Lipinski definition) is 2. The fourth-order valence-corrected chi connectivity index (χ4v) is 3.84. The van der Waals surface area contributed by atoms with Crippen molar-refractivity contribution in [2.24, 2.45) is 0 Å². The number of aryl methyl sites for hydroxylation is 2. The van der Waals surface area contributed by atoms with E-state index in [2.05, 4.69) is 25.0 Å². The molecule has 1 aromatic carbocycles. The van der Waals surface area contributed by atoms with Gasteiger partial charge in [-0.2, -0.15) is 0 Å². The van der Waals surface area contributed by atoms with E-state index in [1.807, 2.05) is 0 Å². The second kappa shape index (κ2) is 10.2. The number of benzene rings is 1. The molecule has 3 aromatic rings. The number of pyridine rings is 1. The van der Waals surface area contributed by atoms with Crippen LogP contribution in [0.3, 0.4) is 0 Å². The Kier molecular flexibility index (Phi) is 7.34. The van der Waals surface area contributed by atoms with Crippen molar-refractivity contribution in [2.45, 2.75) is 38.2 Å². The van der Waals surface area contributed by atoms with Crippen molar-refractivity contribution in [3.8, 4) is 0 Å². The van der Waals surface area contributed by atoms with E-state index in [0.717, 1.165) is 0 Å². The molecule has 2 heterocycles. The minimum atomic E-state index is -3.92. The number of rotatable bonds is 8. The van der Waals surface area contributed by atoms with Crippen LogP contribution in [0.15, 0.2) is 59.8 Å². The van der Waals surface area contributed by atoms with Gasteiger partial charge in [0.25, 0.3) is 15.9 Å². The van der Waals surface area contributed by atoms with E-state index < -0.39 is 28.0 Å². The first-order chi connectivity index (χ1) is 15.7. The molecule has 0 bridgehead atoms.